The van der Waals surface area contributed by atoms with Crippen molar-refractivity contribution in [3.05, 3.63) is 61.3 Å². The highest BCUT2D eigenvalue weighted by molar-refractivity contribution is 5.19. The van der Waals surface area contributed by atoms with E-state index >= 15 is 0 Å². The predicted octanol–water partition coefficient (Wildman–Crippen LogP) is 3.81. The Kier molecular flexibility index (Phi) is 6.96. The molecule has 64 valence electrons. The minimum absolute atomic E-state index is 0.925. The fourth-order valence-electron chi connectivity index (χ4n) is 0.601. The van der Waals surface area contributed by atoms with Gasteiger partial charge in [0.2, 0.25) is 0 Å². The fourth-order valence-corrected chi connectivity index (χ4v) is 0.601. The summed E-state index contributed by atoms with van der Waals surface area (Å²) in [7, 11) is 0. The van der Waals surface area contributed by atoms with Gasteiger partial charge in [0.25, 0.3) is 0 Å². The molecule has 0 unspecified atom stereocenters. The molecule has 0 saturated heterocycles. The molecule has 0 aliphatic heterocycles. The van der Waals surface area contributed by atoms with Crippen LogP contribution in [0, 0.1) is 0 Å². The van der Waals surface area contributed by atoms with Crippen LogP contribution in [0.4, 0.5) is 0 Å². The van der Waals surface area contributed by atoms with Crippen molar-refractivity contribution in [2.75, 3.05) is 0 Å². The quantitative estimate of drug-likeness (QED) is 0.424. The molecule has 12 heavy (non-hydrogen) atoms. The van der Waals surface area contributed by atoms with Gasteiger partial charge < -0.3 is 0 Å². The minimum Gasteiger partial charge on any atom is -0.103 e. The first-order valence-electron chi connectivity index (χ1n) is 4.03. The number of allylic oxidation sites excluding steroid dienone is 8. The zero-order valence-electron chi connectivity index (χ0n) is 7.66. The van der Waals surface area contributed by atoms with Crippen LogP contribution in [0.3, 0.4) is 0 Å². The van der Waals surface area contributed by atoms with E-state index in [-0.39, 0.29) is 0 Å². The van der Waals surface area contributed by atoms with Crippen molar-refractivity contribution >= 4 is 0 Å². The Bertz CT molecular complexity index is 214. The lowest BCUT2D eigenvalue weighted by Crippen LogP contribution is -1.58. The van der Waals surface area contributed by atoms with Crippen LogP contribution in [-0.2, 0) is 0 Å². The maximum Gasteiger partial charge on any atom is -0.0169 e. The summed E-state index contributed by atoms with van der Waals surface area (Å²) in [6.45, 7) is 9.34. The molecule has 0 heterocycles. The fraction of sp³-hybridized carbons (Fsp3) is 0.167. The van der Waals surface area contributed by atoms with Crippen molar-refractivity contribution in [2.45, 2.75) is 13.3 Å². The number of hydrogen-bond donors (Lipinski definition) is 0. The van der Waals surface area contributed by atoms with Crippen molar-refractivity contribution in [1.82, 2.24) is 0 Å². The molecular formula is C12H16. The maximum absolute atomic E-state index is 3.75. The molecule has 0 radical (unpaired) electrons. The summed E-state index contributed by atoms with van der Waals surface area (Å²) in [5.41, 5.74) is 1.06. The first-order chi connectivity index (χ1) is 5.77. The minimum atomic E-state index is 0.925. The van der Waals surface area contributed by atoms with Crippen LogP contribution >= 0.6 is 0 Å². The van der Waals surface area contributed by atoms with E-state index in [4.69, 9.17) is 0 Å². The highest BCUT2D eigenvalue weighted by Crippen LogP contribution is 1.90. The molecule has 0 aromatic carbocycles. The summed E-state index contributed by atoms with van der Waals surface area (Å²) >= 11 is 0. The van der Waals surface area contributed by atoms with Gasteiger partial charge in [-0.05, 0) is 13.3 Å². The zero-order chi connectivity index (χ0) is 9.23. The van der Waals surface area contributed by atoms with Crippen molar-refractivity contribution in [2.24, 2.45) is 0 Å². The largest absolute Gasteiger partial charge is 0.103 e. The van der Waals surface area contributed by atoms with E-state index in [0.717, 1.165) is 12.0 Å². The van der Waals surface area contributed by atoms with Crippen LogP contribution in [-0.4, -0.2) is 0 Å². The lowest BCUT2D eigenvalue weighted by atomic mass is 10.3. The van der Waals surface area contributed by atoms with Crippen LogP contribution in [0.1, 0.15) is 13.3 Å². The third-order valence-electron chi connectivity index (χ3n) is 1.15. The van der Waals surface area contributed by atoms with Gasteiger partial charge in [-0.2, -0.15) is 0 Å². The Morgan fingerprint density at radius 2 is 1.83 bits per heavy atom. The summed E-state index contributed by atoms with van der Waals surface area (Å²) in [6.07, 6.45) is 14.8. The van der Waals surface area contributed by atoms with Gasteiger partial charge in [0, 0.05) is 0 Å². The molecule has 0 aliphatic carbocycles. The highest BCUT2D eigenvalue weighted by Gasteiger charge is 1.68. The standard InChI is InChI=1S/C12H16/c1-4-5-6-7-8-9-10-11-12(2)3/h4,6-11H,1-2,5H2,3H3. The highest BCUT2D eigenvalue weighted by atomic mass is 13.8. The Labute approximate surface area is 75.3 Å². The third kappa shape index (κ3) is 8.70. The summed E-state index contributed by atoms with van der Waals surface area (Å²) in [5.74, 6) is 0. The monoisotopic (exact) mass is 160 g/mol. The second-order valence-electron chi connectivity index (χ2n) is 2.54. The van der Waals surface area contributed by atoms with E-state index in [0.29, 0.717) is 0 Å². The summed E-state index contributed by atoms with van der Waals surface area (Å²) in [6, 6.07) is 0. The molecule has 0 fully saturated rings. The molecule has 0 aromatic heterocycles. The molecule has 0 heteroatoms. The third-order valence-corrected chi connectivity index (χ3v) is 1.15. The van der Waals surface area contributed by atoms with Gasteiger partial charge in [-0.1, -0.05) is 54.7 Å². The number of rotatable bonds is 5. The van der Waals surface area contributed by atoms with E-state index in [2.05, 4.69) is 19.2 Å². The van der Waals surface area contributed by atoms with Crippen molar-refractivity contribution in [3.63, 3.8) is 0 Å². The molecule has 0 rings (SSSR count). The Balaban J connectivity index is 3.62. The van der Waals surface area contributed by atoms with Gasteiger partial charge in [0.15, 0.2) is 0 Å². The molecule has 0 spiro atoms. The first kappa shape index (κ1) is 10.7. The van der Waals surface area contributed by atoms with Gasteiger partial charge >= 0.3 is 0 Å². The lowest BCUT2D eigenvalue weighted by molar-refractivity contribution is 1.41. The first-order valence-corrected chi connectivity index (χ1v) is 4.03. The molecular weight excluding hydrogens is 144 g/mol. The molecule has 0 nitrogen and oxygen atoms in total. The lowest BCUT2D eigenvalue weighted by Gasteiger charge is -1.80. The second-order valence-corrected chi connectivity index (χ2v) is 2.54. The van der Waals surface area contributed by atoms with Crippen molar-refractivity contribution in [3.8, 4) is 0 Å². The average molecular weight is 160 g/mol. The summed E-state index contributed by atoms with van der Waals surface area (Å²) in [5, 5.41) is 0. The van der Waals surface area contributed by atoms with Crippen LogP contribution in [0.15, 0.2) is 61.3 Å². The smallest absolute Gasteiger partial charge is 0.0169 e. The van der Waals surface area contributed by atoms with Crippen molar-refractivity contribution in [1.29, 1.82) is 0 Å². The second kappa shape index (κ2) is 7.80. The van der Waals surface area contributed by atoms with E-state index in [1.54, 1.807) is 0 Å². The summed E-state index contributed by atoms with van der Waals surface area (Å²) in [4.78, 5) is 0. The maximum atomic E-state index is 3.75. The zero-order valence-corrected chi connectivity index (χ0v) is 7.66. The molecule has 0 bridgehead atoms. The molecule has 0 aromatic rings. The SMILES string of the molecule is C=CCC=CC=CC=CC(=C)C. The Hall–Kier alpha value is -1.30. The predicted molar refractivity (Wildman–Crippen MR) is 57.0 cm³/mol. The van der Waals surface area contributed by atoms with Gasteiger partial charge in [0.05, 0.1) is 0 Å². The van der Waals surface area contributed by atoms with Gasteiger partial charge in [-0.15, -0.1) is 6.58 Å². The van der Waals surface area contributed by atoms with Gasteiger partial charge in [-0.3, -0.25) is 0 Å². The number of hydrogen-bond acceptors (Lipinski definition) is 0. The van der Waals surface area contributed by atoms with Gasteiger partial charge in [-0.25, -0.2) is 0 Å². The molecule has 0 aliphatic rings. The van der Waals surface area contributed by atoms with E-state index < -0.39 is 0 Å². The van der Waals surface area contributed by atoms with Crippen molar-refractivity contribution < 1.29 is 0 Å². The Morgan fingerprint density at radius 3 is 2.42 bits per heavy atom. The van der Waals surface area contributed by atoms with Crippen LogP contribution in [0.5, 0.6) is 0 Å². The van der Waals surface area contributed by atoms with E-state index in [1.165, 1.54) is 0 Å². The topological polar surface area (TPSA) is 0 Å². The molecule has 0 atom stereocenters. The van der Waals surface area contributed by atoms with Crippen LogP contribution in [0.2, 0.25) is 0 Å². The van der Waals surface area contributed by atoms with E-state index in [9.17, 15) is 0 Å². The summed E-state index contributed by atoms with van der Waals surface area (Å²) < 4.78 is 0. The Morgan fingerprint density at radius 1 is 1.17 bits per heavy atom. The average Bonchev–Trinajstić information content (AvgIpc) is 2.02. The van der Waals surface area contributed by atoms with Gasteiger partial charge in [0.1, 0.15) is 0 Å². The normalized spacial score (nSPS) is 11.8. The van der Waals surface area contributed by atoms with Crippen LogP contribution < -0.4 is 0 Å². The molecule has 0 saturated carbocycles. The molecule has 0 N–H and O–H groups in total. The van der Waals surface area contributed by atoms with Crippen LogP contribution in [0.25, 0.3) is 0 Å². The van der Waals surface area contributed by atoms with E-state index in [1.807, 2.05) is 43.4 Å². The molecule has 0 amide bonds.